The maximum Gasteiger partial charge on any atom is 0.373 e. The first kappa shape index (κ1) is 13.7. The number of benzene rings is 1. The van der Waals surface area contributed by atoms with Crippen molar-refractivity contribution in [1.82, 2.24) is 15.0 Å². The van der Waals surface area contributed by atoms with E-state index in [4.69, 9.17) is 4.74 Å². The molecule has 0 aliphatic carbocycles. The minimum Gasteiger partial charge on any atom is -0.431 e. The van der Waals surface area contributed by atoms with E-state index < -0.39 is 4.92 Å². The molecule has 0 atom stereocenters. The Hall–Kier alpha value is -3.29. The van der Waals surface area contributed by atoms with E-state index in [2.05, 4.69) is 20.3 Å². The number of aromatic nitrogens is 3. The van der Waals surface area contributed by atoms with Gasteiger partial charge >= 0.3 is 11.6 Å². The van der Waals surface area contributed by atoms with Gasteiger partial charge in [0.05, 0.1) is 4.92 Å². The molecule has 3 aromatic rings. The Morgan fingerprint density at radius 3 is 2.77 bits per heavy atom. The van der Waals surface area contributed by atoms with Crippen LogP contribution < -0.4 is 10.1 Å². The summed E-state index contributed by atoms with van der Waals surface area (Å²) in [5, 5.41) is 14.8. The lowest BCUT2D eigenvalue weighted by molar-refractivity contribution is -0.385. The van der Waals surface area contributed by atoms with Crippen LogP contribution in [0.25, 0.3) is 10.9 Å². The molecule has 0 fully saturated rings. The van der Waals surface area contributed by atoms with Gasteiger partial charge in [-0.25, -0.2) is 4.98 Å². The van der Waals surface area contributed by atoms with E-state index >= 15 is 0 Å². The molecule has 8 nitrogen and oxygen atoms in total. The van der Waals surface area contributed by atoms with Crippen LogP contribution in [0.5, 0.6) is 11.6 Å². The fraction of sp³-hybridized carbons (Fsp3) is 0.0714. The molecule has 0 unspecified atom stereocenters. The van der Waals surface area contributed by atoms with E-state index in [1.807, 2.05) is 12.1 Å². The molecule has 0 amide bonds. The third-order valence-electron chi connectivity index (χ3n) is 3.01. The predicted molar refractivity (Wildman–Crippen MR) is 80.1 cm³/mol. The monoisotopic (exact) mass is 297 g/mol. The van der Waals surface area contributed by atoms with Crippen LogP contribution in [0.1, 0.15) is 0 Å². The number of hydrogen-bond donors (Lipinski definition) is 1. The molecule has 0 saturated carbocycles. The van der Waals surface area contributed by atoms with Gasteiger partial charge in [0.25, 0.3) is 0 Å². The largest absolute Gasteiger partial charge is 0.431 e. The number of ether oxygens (including phenoxy) is 1. The van der Waals surface area contributed by atoms with Gasteiger partial charge in [-0.1, -0.05) is 18.2 Å². The molecule has 3 rings (SSSR count). The maximum atomic E-state index is 11.2. The minimum atomic E-state index is -0.584. The molecule has 0 spiro atoms. The van der Waals surface area contributed by atoms with Gasteiger partial charge in [-0.3, -0.25) is 15.1 Å². The molecule has 0 aliphatic heterocycles. The second-order valence-electron chi connectivity index (χ2n) is 4.32. The first-order valence-corrected chi connectivity index (χ1v) is 6.39. The predicted octanol–water partition coefficient (Wildman–Crippen LogP) is 2.77. The Labute approximate surface area is 125 Å². The Balaban J connectivity index is 2.11. The highest BCUT2D eigenvalue weighted by molar-refractivity contribution is 5.84. The molecule has 2 heterocycles. The zero-order valence-corrected chi connectivity index (χ0v) is 11.6. The number of nitro groups is 1. The highest BCUT2D eigenvalue weighted by Crippen LogP contribution is 2.35. The molecule has 110 valence electrons. The fourth-order valence-electron chi connectivity index (χ4n) is 2.05. The van der Waals surface area contributed by atoms with Crippen LogP contribution in [0.4, 0.5) is 11.5 Å². The smallest absolute Gasteiger partial charge is 0.373 e. The molecule has 0 bridgehead atoms. The molecule has 0 saturated heterocycles. The topological polar surface area (TPSA) is 103 Å². The second-order valence-corrected chi connectivity index (χ2v) is 4.32. The molecule has 1 aromatic carbocycles. The van der Waals surface area contributed by atoms with Crippen LogP contribution in [0.2, 0.25) is 0 Å². The number of nitrogens with one attached hydrogen (secondary N) is 1. The van der Waals surface area contributed by atoms with Crippen molar-refractivity contribution < 1.29 is 9.66 Å². The normalized spacial score (nSPS) is 10.4. The molecular formula is C14H11N5O3. The fourth-order valence-corrected chi connectivity index (χ4v) is 2.05. The van der Waals surface area contributed by atoms with E-state index in [-0.39, 0.29) is 17.4 Å². The molecule has 2 aromatic heterocycles. The Morgan fingerprint density at radius 1 is 1.18 bits per heavy atom. The van der Waals surface area contributed by atoms with Crippen LogP contribution in [-0.2, 0) is 0 Å². The molecule has 1 N–H and O–H groups in total. The van der Waals surface area contributed by atoms with E-state index in [0.29, 0.717) is 11.3 Å². The number of para-hydroxylation sites is 1. The standard InChI is InChI=1S/C14H11N5O3/c1-15-13-12(19(20)21)14(18-8-17-13)22-10-6-2-4-9-5-3-7-16-11(9)10/h2-8H,1H3,(H,15,17,18). The highest BCUT2D eigenvalue weighted by atomic mass is 16.6. The van der Waals surface area contributed by atoms with E-state index in [0.717, 1.165) is 5.39 Å². The van der Waals surface area contributed by atoms with Crippen molar-refractivity contribution in [3.8, 4) is 11.6 Å². The van der Waals surface area contributed by atoms with Gasteiger partial charge in [-0.2, -0.15) is 4.98 Å². The zero-order chi connectivity index (χ0) is 15.5. The summed E-state index contributed by atoms with van der Waals surface area (Å²) in [5.74, 6) is 0.340. The Kier molecular flexibility index (Phi) is 3.48. The number of pyridine rings is 1. The quantitative estimate of drug-likeness (QED) is 0.583. The maximum absolute atomic E-state index is 11.2. The van der Waals surface area contributed by atoms with Gasteiger partial charge in [-0.05, 0) is 12.1 Å². The lowest BCUT2D eigenvalue weighted by atomic mass is 10.2. The van der Waals surface area contributed by atoms with Crippen LogP contribution >= 0.6 is 0 Å². The number of anilines is 1. The van der Waals surface area contributed by atoms with Crippen molar-refractivity contribution in [2.24, 2.45) is 0 Å². The van der Waals surface area contributed by atoms with Gasteiger partial charge in [0.15, 0.2) is 5.75 Å². The Morgan fingerprint density at radius 2 is 2.00 bits per heavy atom. The van der Waals surface area contributed by atoms with Crippen molar-refractivity contribution in [2.45, 2.75) is 0 Å². The first-order chi connectivity index (χ1) is 10.7. The van der Waals surface area contributed by atoms with E-state index in [1.54, 1.807) is 31.4 Å². The zero-order valence-electron chi connectivity index (χ0n) is 11.6. The van der Waals surface area contributed by atoms with Gasteiger partial charge < -0.3 is 10.1 Å². The van der Waals surface area contributed by atoms with Crippen molar-refractivity contribution in [3.63, 3.8) is 0 Å². The summed E-state index contributed by atoms with van der Waals surface area (Å²) < 4.78 is 5.63. The van der Waals surface area contributed by atoms with Crippen molar-refractivity contribution in [1.29, 1.82) is 0 Å². The lowest BCUT2D eigenvalue weighted by Crippen LogP contribution is -2.03. The average molecular weight is 297 g/mol. The van der Waals surface area contributed by atoms with Crippen LogP contribution in [0.15, 0.2) is 42.9 Å². The van der Waals surface area contributed by atoms with Crippen LogP contribution in [0.3, 0.4) is 0 Å². The Bertz CT molecular complexity index is 848. The summed E-state index contributed by atoms with van der Waals surface area (Å²) >= 11 is 0. The third kappa shape index (κ3) is 2.37. The summed E-state index contributed by atoms with van der Waals surface area (Å²) in [6, 6.07) is 9.02. The molecule has 22 heavy (non-hydrogen) atoms. The van der Waals surface area contributed by atoms with Gasteiger partial charge in [0.2, 0.25) is 5.82 Å². The molecule has 8 heteroatoms. The second kappa shape index (κ2) is 5.60. The van der Waals surface area contributed by atoms with E-state index in [1.165, 1.54) is 6.33 Å². The average Bonchev–Trinajstić information content (AvgIpc) is 2.54. The van der Waals surface area contributed by atoms with Crippen LogP contribution in [0, 0.1) is 10.1 Å². The number of nitrogens with zero attached hydrogens (tertiary/aromatic N) is 4. The van der Waals surface area contributed by atoms with Crippen molar-refractivity contribution in [3.05, 3.63) is 53.0 Å². The lowest BCUT2D eigenvalue weighted by Gasteiger charge is -2.08. The van der Waals surface area contributed by atoms with E-state index in [9.17, 15) is 10.1 Å². The number of hydrogen-bond acceptors (Lipinski definition) is 7. The summed E-state index contributed by atoms with van der Waals surface area (Å²) in [5.41, 5.74) is 0.279. The summed E-state index contributed by atoms with van der Waals surface area (Å²) in [6.07, 6.45) is 2.83. The van der Waals surface area contributed by atoms with Gasteiger partial charge in [0.1, 0.15) is 11.8 Å². The van der Waals surface area contributed by atoms with Crippen LogP contribution in [-0.4, -0.2) is 26.9 Å². The van der Waals surface area contributed by atoms with Crippen molar-refractivity contribution in [2.75, 3.05) is 12.4 Å². The third-order valence-corrected chi connectivity index (χ3v) is 3.01. The first-order valence-electron chi connectivity index (χ1n) is 6.39. The molecular weight excluding hydrogens is 286 g/mol. The summed E-state index contributed by atoms with van der Waals surface area (Å²) in [7, 11) is 1.54. The molecule has 0 radical (unpaired) electrons. The molecule has 0 aliphatic rings. The number of rotatable bonds is 4. The SMILES string of the molecule is CNc1ncnc(Oc2cccc3cccnc23)c1[N+](=O)[O-]. The summed E-state index contributed by atoms with van der Waals surface area (Å²) in [4.78, 5) is 22.6. The van der Waals surface area contributed by atoms with Gasteiger partial charge in [-0.15, -0.1) is 0 Å². The summed E-state index contributed by atoms with van der Waals surface area (Å²) in [6.45, 7) is 0. The number of fused-ring (bicyclic) bond motifs is 1. The van der Waals surface area contributed by atoms with Crippen molar-refractivity contribution >= 4 is 22.4 Å². The minimum absolute atomic E-state index is 0.0863. The highest BCUT2D eigenvalue weighted by Gasteiger charge is 2.24. The van der Waals surface area contributed by atoms with Gasteiger partial charge in [0, 0.05) is 18.6 Å².